The van der Waals surface area contributed by atoms with Crippen molar-refractivity contribution in [1.29, 1.82) is 0 Å². The van der Waals surface area contributed by atoms with Gasteiger partial charge < -0.3 is 15.6 Å². The summed E-state index contributed by atoms with van der Waals surface area (Å²) in [4.78, 5) is 0. The normalized spacial score (nSPS) is 21.0. The molecule has 1 aliphatic rings. The maximum Gasteiger partial charge on any atom is 0.0895 e. The number of nitrogens with two attached hydrogens (primary N) is 1. The van der Waals surface area contributed by atoms with Crippen LogP contribution in [0.1, 0.15) is 12.8 Å². The van der Waals surface area contributed by atoms with Crippen molar-refractivity contribution in [2.45, 2.75) is 18.9 Å². The van der Waals surface area contributed by atoms with Crippen LogP contribution in [0.5, 0.6) is 0 Å². The van der Waals surface area contributed by atoms with Gasteiger partial charge in [0.25, 0.3) is 0 Å². The van der Waals surface area contributed by atoms with Gasteiger partial charge in [0, 0.05) is 13.2 Å². The van der Waals surface area contributed by atoms with Gasteiger partial charge in [-0.15, -0.1) is 0 Å². The lowest BCUT2D eigenvalue weighted by Crippen LogP contribution is -2.25. The van der Waals surface area contributed by atoms with Gasteiger partial charge in [-0.2, -0.15) is 0 Å². The molecular formula is C7H15NO2. The molecule has 3 nitrogen and oxygen atoms in total. The molecule has 1 aliphatic carbocycles. The lowest BCUT2D eigenvalue weighted by molar-refractivity contribution is 0.0366. The minimum absolute atomic E-state index is 0.296. The summed E-state index contributed by atoms with van der Waals surface area (Å²) in [5.74, 6) is 0.768. The van der Waals surface area contributed by atoms with Gasteiger partial charge in [-0.3, -0.25) is 0 Å². The van der Waals surface area contributed by atoms with E-state index in [0.29, 0.717) is 13.2 Å². The van der Waals surface area contributed by atoms with E-state index in [4.69, 9.17) is 15.6 Å². The first-order valence-corrected chi connectivity index (χ1v) is 3.79. The number of hydrogen-bond donors (Lipinski definition) is 2. The summed E-state index contributed by atoms with van der Waals surface area (Å²) in [6, 6.07) is 0. The summed E-state index contributed by atoms with van der Waals surface area (Å²) in [6.45, 7) is 1.49. The predicted molar refractivity (Wildman–Crippen MR) is 38.6 cm³/mol. The van der Waals surface area contributed by atoms with E-state index in [9.17, 15) is 0 Å². The van der Waals surface area contributed by atoms with Gasteiger partial charge in [0.15, 0.2) is 0 Å². The van der Waals surface area contributed by atoms with Gasteiger partial charge in [0.05, 0.1) is 12.7 Å². The molecule has 10 heavy (non-hydrogen) atoms. The second kappa shape index (κ2) is 3.91. The van der Waals surface area contributed by atoms with E-state index in [-0.39, 0.29) is 0 Å². The Morgan fingerprint density at radius 1 is 1.60 bits per heavy atom. The highest BCUT2D eigenvalue weighted by molar-refractivity contribution is 4.72. The van der Waals surface area contributed by atoms with Gasteiger partial charge in [-0.1, -0.05) is 0 Å². The van der Waals surface area contributed by atoms with Gasteiger partial charge in [-0.25, -0.2) is 0 Å². The van der Waals surface area contributed by atoms with E-state index in [1.165, 1.54) is 12.8 Å². The molecule has 0 aliphatic heterocycles. The second-order valence-electron chi connectivity index (χ2n) is 2.87. The van der Waals surface area contributed by atoms with E-state index in [1.807, 2.05) is 0 Å². The van der Waals surface area contributed by atoms with Crippen molar-refractivity contribution in [1.82, 2.24) is 0 Å². The van der Waals surface area contributed by atoms with Crippen LogP contribution in [0, 0.1) is 5.92 Å². The summed E-state index contributed by atoms with van der Waals surface area (Å²) >= 11 is 0. The molecular weight excluding hydrogens is 130 g/mol. The minimum atomic E-state index is -0.473. The van der Waals surface area contributed by atoms with Gasteiger partial charge in [0.2, 0.25) is 0 Å². The number of hydrogen-bond acceptors (Lipinski definition) is 3. The lowest BCUT2D eigenvalue weighted by Gasteiger charge is -2.07. The van der Waals surface area contributed by atoms with Gasteiger partial charge in [0.1, 0.15) is 0 Å². The second-order valence-corrected chi connectivity index (χ2v) is 2.87. The average molecular weight is 145 g/mol. The molecule has 60 valence electrons. The molecule has 1 atom stereocenters. The van der Waals surface area contributed by atoms with E-state index < -0.39 is 6.10 Å². The van der Waals surface area contributed by atoms with Crippen molar-refractivity contribution < 1.29 is 9.84 Å². The van der Waals surface area contributed by atoms with E-state index >= 15 is 0 Å². The first kappa shape index (κ1) is 7.98. The van der Waals surface area contributed by atoms with Crippen LogP contribution in [-0.2, 0) is 4.74 Å². The zero-order valence-electron chi connectivity index (χ0n) is 6.12. The fraction of sp³-hybridized carbons (Fsp3) is 1.00. The Kier molecular flexibility index (Phi) is 3.12. The summed E-state index contributed by atoms with van der Waals surface area (Å²) < 4.78 is 5.18. The molecule has 0 radical (unpaired) electrons. The summed E-state index contributed by atoms with van der Waals surface area (Å²) in [6.07, 6.45) is 2.11. The quantitative estimate of drug-likeness (QED) is 0.560. The molecule has 0 unspecified atom stereocenters. The van der Waals surface area contributed by atoms with Crippen LogP contribution in [0.4, 0.5) is 0 Å². The molecule has 0 spiro atoms. The Labute approximate surface area is 61.2 Å². The molecule has 1 fully saturated rings. The SMILES string of the molecule is NC[C@H](O)COCC1CC1. The smallest absolute Gasteiger partial charge is 0.0895 e. The first-order valence-electron chi connectivity index (χ1n) is 3.79. The number of aliphatic hydroxyl groups is 1. The largest absolute Gasteiger partial charge is 0.389 e. The highest BCUT2D eigenvalue weighted by Gasteiger charge is 2.21. The van der Waals surface area contributed by atoms with Crippen molar-refractivity contribution in [2.75, 3.05) is 19.8 Å². The van der Waals surface area contributed by atoms with E-state index in [0.717, 1.165) is 12.5 Å². The maximum absolute atomic E-state index is 8.94. The fourth-order valence-corrected chi connectivity index (χ4v) is 0.723. The number of aliphatic hydroxyl groups excluding tert-OH is 1. The van der Waals surface area contributed by atoms with E-state index in [1.54, 1.807) is 0 Å². The Morgan fingerprint density at radius 3 is 2.80 bits per heavy atom. The molecule has 3 N–H and O–H groups in total. The lowest BCUT2D eigenvalue weighted by atomic mass is 10.4. The number of rotatable bonds is 5. The van der Waals surface area contributed by atoms with Crippen LogP contribution >= 0.6 is 0 Å². The van der Waals surface area contributed by atoms with Crippen molar-refractivity contribution in [3.8, 4) is 0 Å². The Hall–Kier alpha value is -0.120. The molecule has 3 heteroatoms. The Balaban J connectivity index is 1.83. The average Bonchev–Trinajstić information content (AvgIpc) is 2.71. The third kappa shape index (κ3) is 3.15. The number of ether oxygens (including phenoxy) is 1. The predicted octanol–water partition coefficient (Wildman–Crippen LogP) is -0.267. The van der Waals surface area contributed by atoms with Crippen molar-refractivity contribution in [3.05, 3.63) is 0 Å². The highest BCUT2D eigenvalue weighted by atomic mass is 16.5. The molecule has 1 rings (SSSR count). The Morgan fingerprint density at radius 2 is 2.30 bits per heavy atom. The monoisotopic (exact) mass is 145 g/mol. The van der Waals surface area contributed by atoms with Crippen LogP contribution < -0.4 is 5.73 Å². The fourth-order valence-electron chi connectivity index (χ4n) is 0.723. The zero-order valence-corrected chi connectivity index (χ0v) is 6.12. The van der Waals surface area contributed by atoms with Crippen LogP contribution in [0.25, 0.3) is 0 Å². The standard InChI is InChI=1S/C7H15NO2/c8-3-7(9)5-10-4-6-1-2-6/h6-7,9H,1-5,8H2/t7-/m0/s1. The zero-order chi connectivity index (χ0) is 7.40. The van der Waals surface area contributed by atoms with Crippen molar-refractivity contribution in [2.24, 2.45) is 11.7 Å². The van der Waals surface area contributed by atoms with Gasteiger partial charge >= 0.3 is 0 Å². The summed E-state index contributed by atoms with van der Waals surface area (Å²) in [7, 11) is 0. The van der Waals surface area contributed by atoms with Crippen LogP contribution in [0.15, 0.2) is 0 Å². The minimum Gasteiger partial charge on any atom is -0.389 e. The third-order valence-corrected chi connectivity index (χ3v) is 1.63. The highest BCUT2D eigenvalue weighted by Crippen LogP contribution is 2.28. The maximum atomic E-state index is 8.94. The third-order valence-electron chi connectivity index (χ3n) is 1.63. The van der Waals surface area contributed by atoms with Crippen molar-refractivity contribution >= 4 is 0 Å². The molecule has 0 amide bonds. The molecule has 0 aromatic heterocycles. The van der Waals surface area contributed by atoms with Crippen LogP contribution in [0.3, 0.4) is 0 Å². The molecule has 0 aromatic carbocycles. The summed E-state index contributed by atoms with van der Waals surface area (Å²) in [5, 5.41) is 8.94. The molecule has 0 heterocycles. The molecule has 0 saturated heterocycles. The van der Waals surface area contributed by atoms with E-state index in [2.05, 4.69) is 0 Å². The topological polar surface area (TPSA) is 55.5 Å². The molecule has 0 aromatic rings. The van der Waals surface area contributed by atoms with Gasteiger partial charge in [-0.05, 0) is 18.8 Å². The molecule has 0 bridgehead atoms. The summed E-state index contributed by atoms with van der Waals surface area (Å²) in [5.41, 5.74) is 5.17. The van der Waals surface area contributed by atoms with Crippen LogP contribution in [0.2, 0.25) is 0 Å². The Bertz CT molecular complexity index is 93.6. The first-order chi connectivity index (χ1) is 4.83. The molecule has 1 saturated carbocycles. The van der Waals surface area contributed by atoms with Crippen LogP contribution in [-0.4, -0.2) is 31.0 Å². The van der Waals surface area contributed by atoms with Crippen molar-refractivity contribution in [3.63, 3.8) is 0 Å².